The Labute approximate surface area is 118 Å². The molecule has 1 aromatic carbocycles. The number of amides is 1. The van der Waals surface area contributed by atoms with Crippen LogP contribution in [0.15, 0.2) is 24.3 Å². The van der Waals surface area contributed by atoms with Crippen molar-refractivity contribution < 1.29 is 13.2 Å². The van der Waals surface area contributed by atoms with Gasteiger partial charge in [-0.1, -0.05) is 18.5 Å². The van der Waals surface area contributed by atoms with Gasteiger partial charge in [-0.2, -0.15) is 0 Å². The van der Waals surface area contributed by atoms with Gasteiger partial charge in [-0.25, -0.2) is 8.42 Å². The first-order chi connectivity index (χ1) is 8.84. The fraction of sp³-hybridized carbons (Fsp3) is 0.417. The summed E-state index contributed by atoms with van der Waals surface area (Å²) in [5, 5.41) is 3.15. The third-order valence-electron chi connectivity index (χ3n) is 2.37. The van der Waals surface area contributed by atoms with Crippen molar-refractivity contribution in [1.82, 2.24) is 5.32 Å². The molecule has 1 aromatic rings. The van der Waals surface area contributed by atoms with Crippen molar-refractivity contribution in [2.24, 2.45) is 0 Å². The Balaban J connectivity index is 2.91. The molecule has 0 fully saturated rings. The van der Waals surface area contributed by atoms with E-state index in [9.17, 15) is 13.2 Å². The number of sulfonamides is 1. The first kappa shape index (κ1) is 15.8. The highest BCUT2D eigenvalue weighted by Crippen LogP contribution is 2.20. The van der Waals surface area contributed by atoms with Gasteiger partial charge in [0.2, 0.25) is 15.9 Å². The van der Waals surface area contributed by atoms with Gasteiger partial charge in [0.15, 0.2) is 0 Å². The number of nitrogens with one attached hydrogen (secondary N) is 1. The maximum Gasteiger partial charge on any atom is 0.240 e. The standard InChI is InChI=1S/C12H17ClN2O3S/c1-3-8-14-12(16)9-15(19(2,17)18)11-6-4-10(13)5-7-11/h4-7H,3,8-9H2,1-2H3,(H,14,16). The fourth-order valence-corrected chi connectivity index (χ4v) is 2.44. The predicted molar refractivity (Wildman–Crippen MR) is 76.9 cm³/mol. The van der Waals surface area contributed by atoms with Crippen LogP contribution in [0.5, 0.6) is 0 Å². The van der Waals surface area contributed by atoms with Crippen LogP contribution in [-0.4, -0.2) is 33.7 Å². The minimum atomic E-state index is -3.52. The van der Waals surface area contributed by atoms with E-state index in [-0.39, 0.29) is 12.5 Å². The molecule has 1 rings (SSSR count). The molecule has 0 aliphatic heterocycles. The molecule has 0 aliphatic carbocycles. The van der Waals surface area contributed by atoms with E-state index < -0.39 is 10.0 Å². The molecule has 0 bridgehead atoms. The van der Waals surface area contributed by atoms with E-state index in [1.807, 2.05) is 6.92 Å². The average molecular weight is 305 g/mol. The molecule has 0 aliphatic rings. The van der Waals surface area contributed by atoms with Crippen LogP contribution in [0.25, 0.3) is 0 Å². The van der Waals surface area contributed by atoms with Gasteiger partial charge in [-0.3, -0.25) is 9.10 Å². The molecule has 1 amide bonds. The number of carbonyl (C=O) groups excluding carboxylic acids is 1. The molecule has 7 heteroatoms. The van der Waals surface area contributed by atoms with Crippen LogP contribution in [0.3, 0.4) is 0 Å². The van der Waals surface area contributed by atoms with Gasteiger partial charge in [-0.05, 0) is 30.7 Å². The van der Waals surface area contributed by atoms with Crippen molar-refractivity contribution >= 4 is 33.2 Å². The second-order valence-electron chi connectivity index (χ2n) is 4.10. The first-order valence-electron chi connectivity index (χ1n) is 5.84. The van der Waals surface area contributed by atoms with Crippen LogP contribution in [0.1, 0.15) is 13.3 Å². The summed E-state index contributed by atoms with van der Waals surface area (Å²) in [6, 6.07) is 6.30. The number of anilines is 1. The van der Waals surface area contributed by atoms with Crippen LogP contribution in [-0.2, 0) is 14.8 Å². The van der Waals surface area contributed by atoms with Gasteiger partial charge in [-0.15, -0.1) is 0 Å². The van der Waals surface area contributed by atoms with Gasteiger partial charge >= 0.3 is 0 Å². The minimum absolute atomic E-state index is 0.236. The third kappa shape index (κ3) is 5.08. The molecule has 0 unspecified atom stereocenters. The maximum atomic E-state index is 11.7. The van der Waals surface area contributed by atoms with Gasteiger partial charge in [0.1, 0.15) is 6.54 Å². The van der Waals surface area contributed by atoms with Crippen LogP contribution in [0.2, 0.25) is 5.02 Å². The highest BCUT2D eigenvalue weighted by Gasteiger charge is 2.20. The summed E-state index contributed by atoms with van der Waals surface area (Å²) >= 11 is 5.76. The van der Waals surface area contributed by atoms with E-state index in [0.717, 1.165) is 17.0 Å². The highest BCUT2D eigenvalue weighted by atomic mass is 35.5. The predicted octanol–water partition coefficient (Wildman–Crippen LogP) is 1.63. The SMILES string of the molecule is CCCNC(=O)CN(c1ccc(Cl)cc1)S(C)(=O)=O. The summed E-state index contributed by atoms with van der Waals surface area (Å²) in [6.07, 6.45) is 1.86. The molecule has 106 valence electrons. The van der Waals surface area contributed by atoms with E-state index in [4.69, 9.17) is 11.6 Å². The van der Waals surface area contributed by atoms with Crippen molar-refractivity contribution in [2.75, 3.05) is 23.7 Å². The fourth-order valence-electron chi connectivity index (χ4n) is 1.46. The molecule has 0 saturated carbocycles. The van der Waals surface area contributed by atoms with Crippen LogP contribution >= 0.6 is 11.6 Å². The van der Waals surface area contributed by atoms with Gasteiger partial charge in [0, 0.05) is 11.6 Å². The summed E-state index contributed by atoms with van der Waals surface area (Å²) in [6.45, 7) is 2.21. The van der Waals surface area contributed by atoms with E-state index in [1.165, 1.54) is 0 Å². The van der Waals surface area contributed by atoms with Crippen molar-refractivity contribution in [2.45, 2.75) is 13.3 Å². The molecule has 5 nitrogen and oxygen atoms in total. The Morgan fingerprint density at radius 2 is 1.89 bits per heavy atom. The number of carbonyl (C=O) groups is 1. The second-order valence-corrected chi connectivity index (χ2v) is 6.44. The van der Waals surface area contributed by atoms with E-state index in [1.54, 1.807) is 24.3 Å². The summed E-state index contributed by atoms with van der Waals surface area (Å²) in [5.41, 5.74) is 0.415. The largest absolute Gasteiger partial charge is 0.355 e. The van der Waals surface area contributed by atoms with E-state index >= 15 is 0 Å². The molecule has 0 aromatic heterocycles. The number of hydrogen-bond acceptors (Lipinski definition) is 3. The molecule has 0 saturated heterocycles. The van der Waals surface area contributed by atoms with Gasteiger partial charge in [0.05, 0.1) is 11.9 Å². The average Bonchev–Trinajstić information content (AvgIpc) is 2.33. The van der Waals surface area contributed by atoms with Crippen molar-refractivity contribution in [3.8, 4) is 0 Å². The van der Waals surface area contributed by atoms with Gasteiger partial charge < -0.3 is 5.32 Å². The smallest absolute Gasteiger partial charge is 0.240 e. The quantitative estimate of drug-likeness (QED) is 0.868. The van der Waals surface area contributed by atoms with Gasteiger partial charge in [0.25, 0.3) is 0 Å². The summed E-state index contributed by atoms with van der Waals surface area (Å²) < 4.78 is 24.5. The van der Waals surface area contributed by atoms with Crippen molar-refractivity contribution in [1.29, 1.82) is 0 Å². The van der Waals surface area contributed by atoms with E-state index in [0.29, 0.717) is 17.3 Å². The normalized spacial score (nSPS) is 11.1. The zero-order valence-electron chi connectivity index (χ0n) is 10.9. The Morgan fingerprint density at radius 3 is 2.37 bits per heavy atom. The number of nitrogens with zero attached hydrogens (tertiary/aromatic N) is 1. The molecular formula is C12H17ClN2O3S. The second kappa shape index (κ2) is 6.77. The van der Waals surface area contributed by atoms with Crippen molar-refractivity contribution in [3.63, 3.8) is 0 Å². The maximum absolute atomic E-state index is 11.7. The number of halogens is 1. The first-order valence-corrected chi connectivity index (χ1v) is 8.07. The minimum Gasteiger partial charge on any atom is -0.355 e. The Morgan fingerprint density at radius 1 is 1.32 bits per heavy atom. The Kier molecular flexibility index (Phi) is 5.62. The Hall–Kier alpha value is -1.27. The lowest BCUT2D eigenvalue weighted by molar-refractivity contribution is -0.119. The molecule has 0 atom stereocenters. The van der Waals surface area contributed by atoms with Crippen LogP contribution in [0.4, 0.5) is 5.69 Å². The summed E-state index contributed by atoms with van der Waals surface area (Å²) in [7, 11) is -3.52. The lowest BCUT2D eigenvalue weighted by Crippen LogP contribution is -2.40. The number of hydrogen-bond donors (Lipinski definition) is 1. The number of benzene rings is 1. The molecule has 0 spiro atoms. The van der Waals surface area contributed by atoms with Crippen LogP contribution < -0.4 is 9.62 Å². The van der Waals surface area contributed by atoms with E-state index in [2.05, 4.69) is 5.32 Å². The monoisotopic (exact) mass is 304 g/mol. The van der Waals surface area contributed by atoms with Crippen molar-refractivity contribution in [3.05, 3.63) is 29.3 Å². The molecule has 19 heavy (non-hydrogen) atoms. The lowest BCUT2D eigenvalue weighted by Gasteiger charge is -2.21. The molecular weight excluding hydrogens is 288 g/mol. The third-order valence-corrected chi connectivity index (χ3v) is 3.77. The lowest BCUT2D eigenvalue weighted by atomic mass is 10.3. The molecule has 0 heterocycles. The summed E-state index contributed by atoms with van der Waals surface area (Å²) in [4.78, 5) is 11.7. The summed E-state index contributed by atoms with van der Waals surface area (Å²) in [5.74, 6) is -0.331. The highest BCUT2D eigenvalue weighted by molar-refractivity contribution is 7.92. The Bertz CT molecular complexity index is 528. The topological polar surface area (TPSA) is 66.5 Å². The molecule has 0 radical (unpaired) electrons. The zero-order valence-corrected chi connectivity index (χ0v) is 12.5. The zero-order chi connectivity index (χ0) is 14.5. The van der Waals surface area contributed by atoms with Crippen LogP contribution in [0, 0.1) is 0 Å². The number of rotatable bonds is 6. The molecule has 1 N–H and O–H groups in total.